The number of rotatable bonds is 6. The van der Waals surface area contributed by atoms with Gasteiger partial charge < -0.3 is 14.8 Å². The summed E-state index contributed by atoms with van der Waals surface area (Å²) in [6.45, 7) is 14.9. The Bertz CT molecular complexity index is 656. The van der Waals surface area contributed by atoms with Crippen molar-refractivity contribution in [1.29, 1.82) is 0 Å². The topological polar surface area (TPSA) is 84.9 Å². The van der Waals surface area contributed by atoms with Gasteiger partial charge in [0, 0.05) is 12.1 Å². The van der Waals surface area contributed by atoms with E-state index in [1.54, 1.807) is 39.8 Å². The maximum absolute atomic E-state index is 13.0. The number of ether oxygens (including phenoxy) is 2. The predicted octanol–water partition coefficient (Wildman–Crippen LogP) is 2.96. The van der Waals surface area contributed by atoms with Crippen LogP contribution in [0, 0.1) is 5.41 Å². The van der Waals surface area contributed by atoms with Gasteiger partial charge in [0.15, 0.2) is 0 Å². The molecule has 0 aromatic heterocycles. The Morgan fingerprint density at radius 3 is 2.39 bits per heavy atom. The summed E-state index contributed by atoms with van der Waals surface area (Å²) in [5, 5.41) is 3.09. The van der Waals surface area contributed by atoms with Crippen LogP contribution in [0.25, 0.3) is 0 Å². The van der Waals surface area contributed by atoms with Gasteiger partial charge in [-0.2, -0.15) is 0 Å². The van der Waals surface area contributed by atoms with Crippen molar-refractivity contribution < 1.29 is 23.9 Å². The van der Waals surface area contributed by atoms with Crippen molar-refractivity contribution in [3.05, 3.63) is 25.3 Å². The molecule has 0 radical (unpaired) electrons. The molecule has 2 atom stereocenters. The molecule has 1 spiro atoms. The lowest BCUT2D eigenvalue weighted by atomic mass is 9.76. The maximum Gasteiger partial charge on any atom is 0.411 e. The van der Waals surface area contributed by atoms with Crippen molar-refractivity contribution >= 4 is 18.0 Å². The van der Waals surface area contributed by atoms with Crippen LogP contribution < -0.4 is 5.32 Å². The van der Waals surface area contributed by atoms with E-state index in [2.05, 4.69) is 18.5 Å². The Morgan fingerprint density at radius 1 is 1.29 bits per heavy atom. The van der Waals surface area contributed by atoms with Crippen LogP contribution in [0.15, 0.2) is 25.3 Å². The van der Waals surface area contributed by atoms with Gasteiger partial charge in [-0.05, 0) is 53.4 Å². The largest absolute Gasteiger partial charge is 0.464 e. The van der Waals surface area contributed by atoms with Gasteiger partial charge in [0.05, 0.1) is 12.0 Å². The van der Waals surface area contributed by atoms with E-state index in [0.29, 0.717) is 19.3 Å². The van der Waals surface area contributed by atoms with Crippen LogP contribution in [-0.4, -0.2) is 53.2 Å². The van der Waals surface area contributed by atoms with Gasteiger partial charge in [-0.25, -0.2) is 9.59 Å². The fourth-order valence-electron chi connectivity index (χ4n) is 4.26. The summed E-state index contributed by atoms with van der Waals surface area (Å²) < 4.78 is 10.6. The summed E-state index contributed by atoms with van der Waals surface area (Å²) in [5.41, 5.74) is -2.07. The molecule has 0 bridgehead atoms. The summed E-state index contributed by atoms with van der Waals surface area (Å²) in [5.74, 6) is -0.667. The van der Waals surface area contributed by atoms with Gasteiger partial charge in [0.2, 0.25) is 5.91 Å². The molecule has 156 valence electrons. The van der Waals surface area contributed by atoms with E-state index in [1.165, 1.54) is 4.90 Å². The van der Waals surface area contributed by atoms with Crippen molar-refractivity contribution in [3.63, 3.8) is 0 Å². The van der Waals surface area contributed by atoms with Crippen LogP contribution in [0.1, 0.15) is 53.4 Å². The number of nitrogens with zero attached hydrogens (tertiary/aromatic N) is 1. The number of nitrogens with one attached hydrogen (secondary N) is 1. The quantitative estimate of drug-likeness (QED) is 0.555. The smallest absolute Gasteiger partial charge is 0.411 e. The summed E-state index contributed by atoms with van der Waals surface area (Å²) in [4.78, 5) is 39.7. The molecular weight excluding hydrogens is 360 g/mol. The molecule has 0 aromatic carbocycles. The molecule has 0 aromatic rings. The van der Waals surface area contributed by atoms with Gasteiger partial charge in [-0.1, -0.05) is 12.2 Å². The highest BCUT2D eigenvalue weighted by Gasteiger charge is 2.61. The van der Waals surface area contributed by atoms with Gasteiger partial charge in [0.25, 0.3) is 0 Å². The third-order valence-electron chi connectivity index (χ3n) is 5.23. The molecule has 28 heavy (non-hydrogen) atoms. The second-order valence-corrected chi connectivity index (χ2v) is 8.76. The zero-order valence-electron chi connectivity index (χ0n) is 17.4. The van der Waals surface area contributed by atoms with Crippen LogP contribution >= 0.6 is 0 Å². The molecule has 1 N–H and O–H groups in total. The third kappa shape index (κ3) is 4.39. The Kier molecular flexibility index (Phi) is 6.26. The van der Waals surface area contributed by atoms with Crippen molar-refractivity contribution in [2.24, 2.45) is 5.41 Å². The highest BCUT2D eigenvalue weighted by molar-refractivity contribution is 5.91. The van der Waals surface area contributed by atoms with Gasteiger partial charge in [-0.15, -0.1) is 13.2 Å². The molecule has 7 heteroatoms. The standard InChI is InChI=1S/C21H32N2O5/c1-7-10-21(11-8-2)13-20(17(25)22-21)12-15(16(24)27-9-3)23(14-20)18(26)28-19(4,5)6/h7-8,15H,1-2,9-14H2,3-6H3,(H,22,25)/t15-,20+/m0/s1. The number of likely N-dealkylation sites (tertiary alicyclic amines) is 1. The molecule has 2 amide bonds. The van der Waals surface area contributed by atoms with E-state index in [-0.39, 0.29) is 25.5 Å². The lowest BCUT2D eigenvalue weighted by molar-refractivity contribution is -0.148. The molecule has 0 aliphatic carbocycles. The van der Waals surface area contributed by atoms with Gasteiger partial charge >= 0.3 is 12.1 Å². The van der Waals surface area contributed by atoms with Crippen molar-refractivity contribution in [2.45, 2.75) is 70.6 Å². The average Bonchev–Trinajstić information content (AvgIpc) is 3.06. The van der Waals surface area contributed by atoms with Crippen molar-refractivity contribution in [1.82, 2.24) is 10.2 Å². The molecule has 2 aliphatic rings. The average molecular weight is 392 g/mol. The fourth-order valence-corrected chi connectivity index (χ4v) is 4.26. The first-order chi connectivity index (χ1) is 13.0. The second-order valence-electron chi connectivity index (χ2n) is 8.76. The zero-order chi connectivity index (χ0) is 21.2. The number of amides is 2. The molecule has 2 aliphatic heterocycles. The summed E-state index contributed by atoms with van der Waals surface area (Å²) in [7, 11) is 0. The summed E-state index contributed by atoms with van der Waals surface area (Å²) >= 11 is 0. The maximum atomic E-state index is 13.0. The van der Waals surface area contributed by atoms with Crippen molar-refractivity contribution in [2.75, 3.05) is 13.2 Å². The predicted molar refractivity (Wildman–Crippen MR) is 106 cm³/mol. The second kappa shape index (κ2) is 7.97. The Morgan fingerprint density at radius 2 is 1.89 bits per heavy atom. The summed E-state index contributed by atoms with van der Waals surface area (Å²) in [6.07, 6.45) is 4.81. The SMILES string of the molecule is C=CCC1(CC=C)C[C@@]2(C[C@@H](C(=O)OCC)N(C(=O)OC(C)(C)C)C2)C(=O)N1. The normalized spacial score (nSPS) is 26.1. The van der Waals surface area contributed by atoms with Crippen molar-refractivity contribution in [3.8, 4) is 0 Å². The van der Waals surface area contributed by atoms with Gasteiger partial charge in [-0.3, -0.25) is 9.69 Å². The lowest BCUT2D eigenvalue weighted by Crippen LogP contribution is -2.44. The monoisotopic (exact) mass is 392 g/mol. The van der Waals surface area contributed by atoms with Crippen LogP contribution in [0.4, 0.5) is 4.79 Å². The van der Waals surface area contributed by atoms with E-state index in [1.807, 2.05) is 0 Å². The molecule has 2 fully saturated rings. The third-order valence-corrected chi connectivity index (χ3v) is 5.23. The molecule has 2 rings (SSSR count). The fraction of sp³-hybridized carbons (Fsp3) is 0.667. The molecular formula is C21H32N2O5. The molecule has 7 nitrogen and oxygen atoms in total. The Balaban J connectivity index is 2.35. The minimum absolute atomic E-state index is 0.118. The first kappa shape index (κ1) is 22.0. The lowest BCUT2D eigenvalue weighted by Gasteiger charge is -2.29. The van der Waals surface area contributed by atoms with E-state index in [0.717, 1.165) is 0 Å². The summed E-state index contributed by atoms with van der Waals surface area (Å²) in [6, 6.07) is -0.844. The van der Waals surface area contributed by atoms with Crippen LogP contribution in [0.2, 0.25) is 0 Å². The van der Waals surface area contributed by atoms with Crippen LogP contribution in [0.5, 0.6) is 0 Å². The highest BCUT2D eigenvalue weighted by atomic mass is 16.6. The number of hydrogen-bond donors (Lipinski definition) is 1. The molecule has 0 unspecified atom stereocenters. The minimum Gasteiger partial charge on any atom is -0.464 e. The molecule has 2 heterocycles. The first-order valence-corrected chi connectivity index (χ1v) is 9.72. The van der Waals surface area contributed by atoms with Gasteiger partial charge in [0.1, 0.15) is 11.6 Å². The van der Waals surface area contributed by atoms with E-state index in [9.17, 15) is 14.4 Å². The van der Waals surface area contributed by atoms with Crippen LogP contribution in [0.3, 0.4) is 0 Å². The molecule has 2 saturated heterocycles. The first-order valence-electron chi connectivity index (χ1n) is 9.72. The number of carbonyl (C=O) groups is 3. The van der Waals surface area contributed by atoms with E-state index < -0.39 is 34.7 Å². The molecule has 0 saturated carbocycles. The highest BCUT2D eigenvalue weighted by Crippen LogP contribution is 2.48. The number of carbonyl (C=O) groups excluding carboxylic acids is 3. The van der Waals surface area contributed by atoms with E-state index >= 15 is 0 Å². The number of esters is 1. The Hall–Kier alpha value is -2.31. The zero-order valence-corrected chi connectivity index (χ0v) is 17.4. The minimum atomic E-state index is -0.861. The van der Waals surface area contributed by atoms with Crippen LogP contribution in [-0.2, 0) is 19.1 Å². The van der Waals surface area contributed by atoms with E-state index in [4.69, 9.17) is 9.47 Å². The Labute approximate surface area is 167 Å². The number of hydrogen-bond acceptors (Lipinski definition) is 5.